The molecular formula is C13H16N2O3. The van der Waals surface area contributed by atoms with Gasteiger partial charge in [0, 0.05) is 6.42 Å². The first kappa shape index (κ1) is 12.4. The molecule has 1 amide bonds. The van der Waals surface area contributed by atoms with Gasteiger partial charge in [-0.2, -0.15) is 0 Å². The van der Waals surface area contributed by atoms with Crippen molar-refractivity contribution in [1.29, 1.82) is 0 Å². The van der Waals surface area contributed by atoms with Crippen LogP contribution in [0.5, 0.6) is 0 Å². The van der Waals surface area contributed by atoms with Gasteiger partial charge < -0.3 is 15.4 Å². The smallest absolute Gasteiger partial charge is 0.305 e. The first-order valence-corrected chi connectivity index (χ1v) is 6.02. The fourth-order valence-electron chi connectivity index (χ4n) is 1.89. The number of carbonyl (C=O) groups excluding carboxylic acids is 2. The molecule has 0 bridgehead atoms. The molecule has 1 aliphatic heterocycles. The molecule has 5 heteroatoms. The van der Waals surface area contributed by atoms with Crippen LogP contribution < -0.4 is 10.6 Å². The van der Waals surface area contributed by atoms with Gasteiger partial charge in [0.25, 0.3) is 0 Å². The van der Waals surface area contributed by atoms with Crippen LogP contribution in [0.1, 0.15) is 19.8 Å². The van der Waals surface area contributed by atoms with Gasteiger partial charge in [-0.15, -0.1) is 0 Å². The SMILES string of the molecule is CCOC(=O)CC[C@H]1Nc2ccccc2NC1=O. The summed E-state index contributed by atoms with van der Waals surface area (Å²) < 4.78 is 4.84. The predicted molar refractivity (Wildman–Crippen MR) is 68.3 cm³/mol. The van der Waals surface area contributed by atoms with Crippen molar-refractivity contribution in [3.63, 3.8) is 0 Å². The maximum Gasteiger partial charge on any atom is 0.305 e. The fourth-order valence-corrected chi connectivity index (χ4v) is 1.89. The Morgan fingerprint density at radius 2 is 2.06 bits per heavy atom. The number of hydrogen-bond acceptors (Lipinski definition) is 4. The number of esters is 1. The van der Waals surface area contributed by atoms with E-state index in [-0.39, 0.29) is 24.3 Å². The molecule has 0 aliphatic carbocycles. The minimum Gasteiger partial charge on any atom is -0.466 e. The summed E-state index contributed by atoms with van der Waals surface area (Å²) in [5.74, 6) is -0.385. The average Bonchev–Trinajstić information content (AvgIpc) is 2.36. The van der Waals surface area contributed by atoms with E-state index in [1.54, 1.807) is 6.92 Å². The van der Waals surface area contributed by atoms with Crippen molar-refractivity contribution < 1.29 is 14.3 Å². The van der Waals surface area contributed by atoms with Crippen LogP contribution >= 0.6 is 0 Å². The van der Waals surface area contributed by atoms with Crippen LogP contribution in [0.3, 0.4) is 0 Å². The Kier molecular flexibility index (Phi) is 3.82. The quantitative estimate of drug-likeness (QED) is 0.797. The maximum absolute atomic E-state index is 11.8. The van der Waals surface area contributed by atoms with Gasteiger partial charge in [0.1, 0.15) is 6.04 Å². The summed E-state index contributed by atoms with van der Waals surface area (Å²) in [7, 11) is 0. The normalized spacial score (nSPS) is 17.4. The largest absolute Gasteiger partial charge is 0.466 e. The maximum atomic E-state index is 11.8. The van der Waals surface area contributed by atoms with Crippen LogP contribution in [-0.2, 0) is 14.3 Å². The molecule has 5 nitrogen and oxygen atoms in total. The molecule has 0 fully saturated rings. The van der Waals surface area contributed by atoms with Crippen LogP contribution in [-0.4, -0.2) is 24.5 Å². The van der Waals surface area contributed by atoms with Crippen molar-refractivity contribution in [2.75, 3.05) is 17.2 Å². The highest BCUT2D eigenvalue weighted by Gasteiger charge is 2.25. The van der Waals surface area contributed by atoms with Crippen molar-refractivity contribution in [3.8, 4) is 0 Å². The number of carbonyl (C=O) groups is 2. The Hall–Kier alpha value is -2.04. The molecular weight excluding hydrogens is 232 g/mol. The van der Waals surface area contributed by atoms with E-state index in [0.717, 1.165) is 11.4 Å². The number of fused-ring (bicyclic) bond motifs is 1. The Labute approximate surface area is 106 Å². The van der Waals surface area contributed by atoms with E-state index in [1.807, 2.05) is 24.3 Å². The Bertz CT molecular complexity index is 459. The lowest BCUT2D eigenvalue weighted by Crippen LogP contribution is -2.39. The zero-order chi connectivity index (χ0) is 13.0. The zero-order valence-electron chi connectivity index (χ0n) is 10.2. The van der Waals surface area contributed by atoms with Crippen LogP contribution in [0.2, 0.25) is 0 Å². The van der Waals surface area contributed by atoms with Gasteiger partial charge in [-0.05, 0) is 25.5 Å². The van der Waals surface area contributed by atoms with Crippen molar-refractivity contribution in [3.05, 3.63) is 24.3 Å². The van der Waals surface area contributed by atoms with Gasteiger partial charge in [0.2, 0.25) is 5.91 Å². The average molecular weight is 248 g/mol. The highest BCUT2D eigenvalue weighted by Crippen LogP contribution is 2.26. The lowest BCUT2D eigenvalue weighted by molar-refractivity contribution is -0.143. The zero-order valence-corrected chi connectivity index (χ0v) is 10.2. The van der Waals surface area contributed by atoms with Crippen LogP contribution in [0, 0.1) is 0 Å². The standard InChI is InChI=1S/C13H16N2O3/c1-2-18-12(16)8-7-11-13(17)15-10-6-4-3-5-9(10)14-11/h3-6,11,14H,2,7-8H2,1H3,(H,15,17)/t11-/m1/s1. The van der Waals surface area contributed by atoms with Crippen LogP contribution in [0.4, 0.5) is 11.4 Å². The number of anilines is 2. The van der Waals surface area contributed by atoms with E-state index in [0.29, 0.717) is 13.0 Å². The van der Waals surface area contributed by atoms with Crippen molar-refractivity contribution in [1.82, 2.24) is 0 Å². The molecule has 1 atom stereocenters. The molecule has 2 rings (SSSR count). The molecule has 96 valence electrons. The van der Waals surface area contributed by atoms with E-state index in [1.165, 1.54) is 0 Å². The summed E-state index contributed by atoms with van der Waals surface area (Å²) >= 11 is 0. The molecule has 0 saturated carbocycles. The van der Waals surface area contributed by atoms with Gasteiger partial charge >= 0.3 is 5.97 Å². The summed E-state index contributed by atoms with van der Waals surface area (Å²) in [5, 5.41) is 5.94. The third kappa shape index (κ3) is 2.80. The molecule has 0 spiro atoms. The molecule has 1 aliphatic rings. The molecule has 0 saturated heterocycles. The summed E-state index contributed by atoms with van der Waals surface area (Å²) in [6.07, 6.45) is 0.667. The van der Waals surface area contributed by atoms with Gasteiger partial charge in [-0.25, -0.2) is 0 Å². The second-order valence-corrected chi connectivity index (χ2v) is 4.08. The van der Waals surface area contributed by atoms with Gasteiger partial charge in [-0.1, -0.05) is 12.1 Å². The van der Waals surface area contributed by atoms with Crippen LogP contribution in [0.15, 0.2) is 24.3 Å². The van der Waals surface area contributed by atoms with Crippen molar-refractivity contribution in [2.24, 2.45) is 0 Å². The third-order valence-electron chi connectivity index (χ3n) is 2.77. The molecule has 1 aromatic carbocycles. The number of amides is 1. The van der Waals surface area contributed by atoms with E-state index in [9.17, 15) is 9.59 Å². The first-order valence-electron chi connectivity index (χ1n) is 6.02. The second-order valence-electron chi connectivity index (χ2n) is 4.08. The molecule has 1 heterocycles. The molecule has 1 aromatic rings. The Morgan fingerprint density at radius 1 is 1.33 bits per heavy atom. The molecule has 0 radical (unpaired) electrons. The second kappa shape index (κ2) is 5.53. The van der Waals surface area contributed by atoms with Crippen LogP contribution in [0.25, 0.3) is 0 Å². The van der Waals surface area contributed by atoms with E-state index >= 15 is 0 Å². The Morgan fingerprint density at radius 3 is 2.78 bits per heavy atom. The Balaban J connectivity index is 1.95. The highest BCUT2D eigenvalue weighted by molar-refractivity contribution is 6.03. The highest BCUT2D eigenvalue weighted by atomic mass is 16.5. The van der Waals surface area contributed by atoms with Crippen molar-refractivity contribution >= 4 is 23.3 Å². The molecule has 0 aromatic heterocycles. The van der Waals surface area contributed by atoms with Gasteiger partial charge in [-0.3, -0.25) is 9.59 Å². The first-order chi connectivity index (χ1) is 8.70. The minimum atomic E-state index is -0.385. The summed E-state index contributed by atoms with van der Waals surface area (Å²) in [6.45, 7) is 2.13. The van der Waals surface area contributed by atoms with E-state index < -0.39 is 0 Å². The number of rotatable bonds is 4. The number of nitrogens with one attached hydrogen (secondary N) is 2. The van der Waals surface area contributed by atoms with E-state index in [2.05, 4.69) is 10.6 Å². The summed E-state index contributed by atoms with van der Waals surface area (Å²) in [5.41, 5.74) is 1.65. The van der Waals surface area contributed by atoms with Gasteiger partial charge in [0.15, 0.2) is 0 Å². The number of ether oxygens (including phenoxy) is 1. The third-order valence-corrected chi connectivity index (χ3v) is 2.77. The lowest BCUT2D eigenvalue weighted by atomic mass is 10.1. The summed E-state index contributed by atoms with van der Waals surface area (Å²) in [6, 6.07) is 7.10. The topological polar surface area (TPSA) is 67.4 Å². The number of hydrogen-bond donors (Lipinski definition) is 2. The van der Waals surface area contributed by atoms with Crippen molar-refractivity contribution in [2.45, 2.75) is 25.8 Å². The predicted octanol–water partition coefficient (Wildman–Crippen LogP) is 1.76. The summed E-state index contributed by atoms with van der Waals surface area (Å²) in [4.78, 5) is 23.1. The number of benzene rings is 1. The molecule has 0 unspecified atom stereocenters. The minimum absolute atomic E-state index is 0.113. The molecule has 2 N–H and O–H groups in total. The van der Waals surface area contributed by atoms with Gasteiger partial charge in [0.05, 0.1) is 18.0 Å². The monoisotopic (exact) mass is 248 g/mol. The lowest BCUT2D eigenvalue weighted by Gasteiger charge is -2.26. The fraction of sp³-hybridized carbons (Fsp3) is 0.385. The number of para-hydroxylation sites is 2. The molecule has 18 heavy (non-hydrogen) atoms. The van der Waals surface area contributed by atoms with E-state index in [4.69, 9.17) is 4.74 Å².